The van der Waals surface area contributed by atoms with Crippen molar-refractivity contribution in [1.82, 2.24) is 19.8 Å². The fourth-order valence-corrected chi connectivity index (χ4v) is 2.15. The van der Waals surface area contributed by atoms with Gasteiger partial charge in [0.1, 0.15) is 0 Å². The van der Waals surface area contributed by atoms with Crippen molar-refractivity contribution in [1.29, 1.82) is 0 Å². The Labute approximate surface area is 135 Å². The number of benzene rings is 1. The van der Waals surface area contributed by atoms with Gasteiger partial charge in [0, 0.05) is 5.69 Å². The molecule has 0 amide bonds. The molecule has 0 spiro atoms. The van der Waals surface area contributed by atoms with Gasteiger partial charge in [0.15, 0.2) is 11.5 Å². The van der Waals surface area contributed by atoms with Gasteiger partial charge < -0.3 is 10.1 Å². The van der Waals surface area contributed by atoms with Crippen molar-refractivity contribution in [3.8, 4) is 0 Å². The van der Waals surface area contributed by atoms with Crippen LogP contribution in [0.25, 0.3) is 5.65 Å². The van der Waals surface area contributed by atoms with Crippen LogP contribution in [0.4, 0.5) is 20.3 Å². The summed E-state index contributed by atoms with van der Waals surface area (Å²) < 4.78 is 31.4. The molecule has 0 aliphatic heterocycles. The van der Waals surface area contributed by atoms with Crippen LogP contribution in [0.3, 0.4) is 0 Å². The number of hydrogen-bond acceptors (Lipinski definition) is 6. The molecule has 0 bridgehead atoms. The number of aromatic nitrogens is 4. The van der Waals surface area contributed by atoms with E-state index in [1.165, 1.54) is 13.2 Å². The molecule has 0 fully saturated rings. The average molecular weight is 333 g/mol. The smallest absolute Gasteiger partial charge is 0.309 e. The van der Waals surface area contributed by atoms with E-state index >= 15 is 0 Å². The highest BCUT2D eigenvalue weighted by Gasteiger charge is 2.17. The van der Waals surface area contributed by atoms with Gasteiger partial charge in [0.05, 0.1) is 13.5 Å². The summed E-state index contributed by atoms with van der Waals surface area (Å²) in [6.07, 6.45) is -2.63. The number of alkyl halides is 2. The van der Waals surface area contributed by atoms with E-state index in [1.54, 1.807) is 30.3 Å². The molecule has 7 nitrogen and oxygen atoms in total. The molecule has 3 aromatic rings. The highest BCUT2D eigenvalue weighted by Crippen LogP contribution is 2.20. The quantitative estimate of drug-likeness (QED) is 0.723. The second-order valence-corrected chi connectivity index (χ2v) is 4.93. The van der Waals surface area contributed by atoms with Crippen molar-refractivity contribution >= 4 is 23.1 Å². The van der Waals surface area contributed by atoms with Gasteiger partial charge >= 0.3 is 5.97 Å². The summed E-state index contributed by atoms with van der Waals surface area (Å²) in [6.45, 7) is 0. The molecule has 0 aliphatic rings. The van der Waals surface area contributed by atoms with Crippen molar-refractivity contribution in [3.05, 3.63) is 47.8 Å². The van der Waals surface area contributed by atoms with Gasteiger partial charge in [-0.15, -0.1) is 15.3 Å². The van der Waals surface area contributed by atoms with Crippen LogP contribution in [0.2, 0.25) is 0 Å². The molecule has 2 aromatic heterocycles. The van der Waals surface area contributed by atoms with E-state index in [-0.39, 0.29) is 18.0 Å². The van der Waals surface area contributed by atoms with E-state index in [9.17, 15) is 13.6 Å². The fourth-order valence-electron chi connectivity index (χ4n) is 2.15. The van der Waals surface area contributed by atoms with Crippen LogP contribution in [0, 0.1) is 0 Å². The van der Waals surface area contributed by atoms with Gasteiger partial charge in [0.25, 0.3) is 6.43 Å². The number of anilines is 2. The van der Waals surface area contributed by atoms with E-state index in [2.05, 4.69) is 25.3 Å². The number of fused-ring (bicyclic) bond motifs is 1. The summed E-state index contributed by atoms with van der Waals surface area (Å²) in [5.74, 6) is -0.523. The Bertz CT molecular complexity index is 881. The van der Waals surface area contributed by atoms with Crippen molar-refractivity contribution in [3.63, 3.8) is 0 Å². The Hall–Kier alpha value is -3.10. The van der Waals surface area contributed by atoms with Crippen LogP contribution in [0.5, 0.6) is 0 Å². The number of ether oxygens (including phenoxy) is 1. The molecule has 2 heterocycles. The normalized spacial score (nSPS) is 11.0. The van der Waals surface area contributed by atoms with Crippen LogP contribution in [0.1, 0.15) is 17.8 Å². The molecule has 0 unspecified atom stereocenters. The van der Waals surface area contributed by atoms with E-state index in [1.807, 2.05) is 0 Å². The summed E-state index contributed by atoms with van der Waals surface area (Å²) in [6, 6.07) is 10.2. The Morgan fingerprint density at radius 2 is 2.12 bits per heavy atom. The third-order valence-corrected chi connectivity index (χ3v) is 3.26. The second kappa shape index (κ2) is 6.57. The van der Waals surface area contributed by atoms with Crippen molar-refractivity contribution in [2.45, 2.75) is 12.8 Å². The minimum absolute atomic E-state index is 0.138. The summed E-state index contributed by atoms with van der Waals surface area (Å²) in [4.78, 5) is 11.3. The molecule has 124 valence electrons. The number of rotatable bonds is 5. The topological polar surface area (TPSA) is 81.4 Å². The average Bonchev–Trinajstić information content (AvgIpc) is 2.98. The number of nitrogens with zero attached hydrogens (tertiary/aromatic N) is 4. The van der Waals surface area contributed by atoms with Gasteiger partial charge in [0.2, 0.25) is 5.82 Å². The maximum absolute atomic E-state index is 12.9. The molecule has 0 atom stereocenters. The minimum Gasteiger partial charge on any atom is -0.469 e. The van der Waals surface area contributed by atoms with Crippen molar-refractivity contribution in [2.75, 3.05) is 12.4 Å². The first-order valence-electron chi connectivity index (χ1n) is 7.00. The number of carbonyl (C=O) groups excluding carboxylic acids is 1. The largest absolute Gasteiger partial charge is 0.469 e. The van der Waals surface area contributed by atoms with Crippen molar-refractivity contribution in [2.24, 2.45) is 0 Å². The Balaban J connectivity index is 1.85. The van der Waals surface area contributed by atoms with E-state index < -0.39 is 12.2 Å². The van der Waals surface area contributed by atoms with Gasteiger partial charge in [-0.3, -0.25) is 4.79 Å². The molecular formula is C15H13F2N5O2. The summed E-state index contributed by atoms with van der Waals surface area (Å²) >= 11 is 0. The third-order valence-electron chi connectivity index (χ3n) is 3.26. The molecule has 3 rings (SSSR count). The zero-order valence-electron chi connectivity index (χ0n) is 12.6. The van der Waals surface area contributed by atoms with Gasteiger partial charge in [-0.25, -0.2) is 8.78 Å². The molecule has 0 radical (unpaired) electrons. The molecule has 1 aromatic carbocycles. The zero-order valence-corrected chi connectivity index (χ0v) is 12.6. The number of nitrogens with one attached hydrogen (secondary N) is 1. The first kappa shape index (κ1) is 15.8. The summed E-state index contributed by atoms with van der Waals surface area (Å²) in [5.41, 5.74) is 1.65. The predicted molar refractivity (Wildman–Crippen MR) is 81.2 cm³/mol. The second-order valence-electron chi connectivity index (χ2n) is 4.93. The van der Waals surface area contributed by atoms with Crippen LogP contribution >= 0.6 is 0 Å². The molecule has 24 heavy (non-hydrogen) atoms. The third kappa shape index (κ3) is 3.29. The maximum Gasteiger partial charge on any atom is 0.309 e. The minimum atomic E-state index is -2.77. The van der Waals surface area contributed by atoms with Crippen LogP contribution in [-0.2, 0) is 16.0 Å². The SMILES string of the molecule is COC(=O)Cc1cccc(Nc2ccc3nnc(C(F)F)n3n2)c1. The highest BCUT2D eigenvalue weighted by atomic mass is 19.3. The maximum atomic E-state index is 12.9. The lowest BCUT2D eigenvalue weighted by atomic mass is 10.1. The standard InChI is InChI=1S/C15H13F2N5O2/c1-24-13(23)8-9-3-2-4-10(7-9)18-11-5-6-12-19-20-15(14(16)17)22(12)21-11/h2-7,14H,8H2,1H3,(H,18,21). The zero-order chi connectivity index (χ0) is 17.1. The molecule has 0 saturated carbocycles. The fraction of sp³-hybridized carbons (Fsp3) is 0.200. The Morgan fingerprint density at radius 1 is 1.29 bits per heavy atom. The van der Waals surface area contributed by atoms with Crippen molar-refractivity contribution < 1.29 is 18.3 Å². The Morgan fingerprint density at radius 3 is 2.88 bits per heavy atom. The van der Waals surface area contributed by atoms with Gasteiger partial charge in [-0.05, 0) is 29.8 Å². The number of hydrogen-bond donors (Lipinski definition) is 1. The molecule has 0 saturated heterocycles. The van der Waals surface area contributed by atoms with E-state index in [4.69, 9.17) is 0 Å². The number of halogens is 2. The van der Waals surface area contributed by atoms with Crippen LogP contribution < -0.4 is 5.32 Å². The Kier molecular flexibility index (Phi) is 4.32. The number of carbonyl (C=O) groups is 1. The van der Waals surface area contributed by atoms with Crippen LogP contribution in [-0.4, -0.2) is 32.9 Å². The monoisotopic (exact) mass is 333 g/mol. The van der Waals surface area contributed by atoms with Gasteiger partial charge in [-0.2, -0.15) is 4.52 Å². The number of esters is 1. The van der Waals surface area contributed by atoms with Gasteiger partial charge in [-0.1, -0.05) is 12.1 Å². The first-order chi connectivity index (χ1) is 11.6. The lowest BCUT2D eigenvalue weighted by molar-refractivity contribution is -0.139. The van der Waals surface area contributed by atoms with Crippen LogP contribution in [0.15, 0.2) is 36.4 Å². The predicted octanol–water partition coefficient (Wildman–Crippen LogP) is 2.52. The van der Waals surface area contributed by atoms with E-state index in [0.29, 0.717) is 11.5 Å². The highest BCUT2D eigenvalue weighted by molar-refractivity contribution is 5.73. The number of methoxy groups -OCH3 is 1. The molecule has 0 aliphatic carbocycles. The molecular weight excluding hydrogens is 320 g/mol. The lowest BCUT2D eigenvalue weighted by Gasteiger charge is -2.08. The molecule has 1 N–H and O–H groups in total. The van der Waals surface area contributed by atoms with E-state index in [0.717, 1.165) is 10.1 Å². The first-order valence-corrected chi connectivity index (χ1v) is 7.00. The lowest BCUT2D eigenvalue weighted by Crippen LogP contribution is -2.05. The summed E-state index contributed by atoms with van der Waals surface area (Å²) in [7, 11) is 1.32. The summed E-state index contributed by atoms with van der Waals surface area (Å²) in [5, 5.41) is 14.1. The molecule has 9 heteroatoms.